The highest BCUT2D eigenvalue weighted by Gasteiger charge is 2.26. The van der Waals surface area contributed by atoms with Crippen LogP contribution in [-0.2, 0) is 0 Å². The third-order valence-electron chi connectivity index (χ3n) is 5.38. The molecular formula is C22H21FN6. The normalized spacial score (nSPS) is 16.7. The van der Waals surface area contributed by atoms with Gasteiger partial charge >= 0.3 is 0 Å². The Morgan fingerprint density at radius 1 is 1.21 bits per heavy atom. The van der Waals surface area contributed by atoms with E-state index in [1.807, 2.05) is 31.3 Å². The van der Waals surface area contributed by atoms with Crippen LogP contribution < -0.4 is 10.6 Å². The fourth-order valence-electron chi connectivity index (χ4n) is 4.01. The molecule has 1 fully saturated rings. The van der Waals surface area contributed by atoms with E-state index in [0.29, 0.717) is 16.9 Å². The SMILES string of the molecule is Cc1cc(-c2cncc(-c3nc4c(F)cccc4[nH]3)c2N2CC[C@H](N)C2)ccn1. The Bertz CT molecular complexity index is 1200. The molecule has 0 spiro atoms. The van der Waals surface area contributed by atoms with E-state index in [9.17, 15) is 4.39 Å². The molecule has 0 unspecified atom stereocenters. The number of anilines is 1. The molecular weight excluding hydrogens is 367 g/mol. The summed E-state index contributed by atoms with van der Waals surface area (Å²) >= 11 is 0. The van der Waals surface area contributed by atoms with Crippen LogP contribution in [-0.4, -0.2) is 39.1 Å². The largest absolute Gasteiger partial charge is 0.369 e. The molecule has 1 atom stereocenters. The summed E-state index contributed by atoms with van der Waals surface area (Å²) in [7, 11) is 0. The van der Waals surface area contributed by atoms with Gasteiger partial charge in [-0.3, -0.25) is 9.97 Å². The van der Waals surface area contributed by atoms with Crippen LogP contribution in [0.4, 0.5) is 10.1 Å². The van der Waals surface area contributed by atoms with E-state index >= 15 is 0 Å². The van der Waals surface area contributed by atoms with Gasteiger partial charge in [0.05, 0.1) is 16.8 Å². The maximum Gasteiger partial charge on any atom is 0.151 e. The Balaban J connectivity index is 1.74. The van der Waals surface area contributed by atoms with Crippen LogP contribution in [0.5, 0.6) is 0 Å². The van der Waals surface area contributed by atoms with E-state index in [1.54, 1.807) is 18.5 Å². The maximum atomic E-state index is 14.2. The number of nitrogens with one attached hydrogen (secondary N) is 1. The number of aromatic amines is 1. The van der Waals surface area contributed by atoms with Gasteiger partial charge in [-0.25, -0.2) is 9.37 Å². The van der Waals surface area contributed by atoms with Crippen molar-refractivity contribution in [2.75, 3.05) is 18.0 Å². The minimum atomic E-state index is -0.344. The highest BCUT2D eigenvalue weighted by molar-refractivity contribution is 5.91. The fraction of sp³-hybridized carbons (Fsp3) is 0.227. The summed E-state index contributed by atoms with van der Waals surface area (Å²) in [6.07, 6.45) is 6.37. The van der Waals surface area contributed by atoms with Crippen LogP contribution in [0.3, 0.4) is 0 Å². The summed E-state index contributed by atoms with van der Waals surface area (Å²) < 4.78 is 14.2. The van der Waals surface area contributed by atoms with Crippen LogP contribution in [0, 0.1) is 12.7 Å². The standard InChI is InChI=1S/C22H21FN6/c1-13-9-14(5-7-26-13)16-10-25-11-17(21(16)29-8-6-15(24)12-29)22-27-19-4-2-3-18(23)20(19)28-22/h2-5,7,9-11,15H,6,8,12,24H2,1H3,(H,27,28)/t15-/m0/s1. The van der Waals surface area contributed by atoms with Gasteiger partial charge in [0.1, 0.15) is 11.3 Å². The first kappa shape index (κ1) is 17.8. The molecule has 146 valence electrons. The van der Waals surface area contributed by atoms with Gasteiger partial charge in [-0.15, -0.1) is 0 Å². The van der Waals surface area contributed by atoms with Gasteiger partial charge in [0.25, 0.3) is 0 Å². The van der Waals surface area contributed by atoms with Crippen LogP contribution in [0.15, 0.2) is 48.9 Å². The fourth-order valence-corrected chi connectivity index (χ4v) is 4.01. The van der Waals surface area contributed by atoms with Gasteiger partial charge in [0, 0.05) is 49.0 Å². The number of aryl methyl sites for hydroxylation is 1. The number of pyridine rings is 2. The number of imidazole rings is 1. The summed E-state index contributed by atoms with van der Waals surface area (Å²) in [5.74, 6) is 0.254. The van der Waals surface area contributed by atoms with Gasteiger partial charge in [-0.05, 0) is 43.2 Å². The van der Waals surface area contributed by atoms with E-state index in [0.717, 1.165) is 47.6 Å². The van der Waals surface area contributed by atoms with Crippen LogP contribution >= 0.6 is 0 Å². The lowest BCUT2D eigenvalue weighted by atomic mass is 10.0. The van der Waals surface area contributed by atoms with Crippen molar-refractivity contribution >= 4 is 16.7 Å². The van der Waals surface area contributed by atoms with Crippen molar-refractivity contribution in [2.45, 2.75) is 19.4 Å². The van der Waals surface area contributed by atoms with E-state index in [2.05, 4.69) is 24.8 Å². The molecule has 6 nitrogen and oxygen atoms in total. The second kappa shape index (κ2) is 6.93. The number of nitrogens with two attached hydrogens (primary N) is 1. The summed E-state index contributed by atoms with van der Waals surface area (Å²) in [5.41, 5.74) is 12.0. The molecule has 29 heavy (non-hydrogen) atoms. The molecule has 3 N–H and O–H groups in total. The molecule has 7 heteroatoms. The first-order valence-electron chi connectivity index (χ1n) is 9.66. The number of rotatable bonds is 3. The van der Waals surface area contributed by atoms with E-state index < -0.39 is 0 Å². The molecule has 4 aromatic rings. The summed E-state index contributed by atoms with van der Waals surface area (Å²) in [6.45, 7) is 3.57. The van der Waals surface area contributed by atoms with Gasteiger partial charge in [0.15, 0.2) is 5.82 Å². The third kappa shape index (κ3) is 3.13. The zero-order valence-electron chi connectivity index (χ0n) is 16.1. The average molecular weight is 388 g/mol. The summed E-state index contributed by atoms with van der Waals surface area (Å²) in [4.78, 5) is 18.9. The predicted molar refractivity (Wildman–Crippen MR) is 112 cm³/mol. The number of hydrogen-bond acceptors (Lipinski definition) is 5. The lowest BCUT2D eigenvalue weighted by Gasteiger charge is -2.24. The predicted octanol–water partition coefficient (Wildman–Crippen LogP) is 3.67. The maximum absolute atomic E-state index is 14.2. The molecule has 1 aromatic carbocycles. The van der Waals surface area contributed by atoms with Crippen molar-refractivity contribution in [3.8, 4) is 22.5 Å². The molecule has 1 aliphatic rings. The first-order chi connectivity index (χ1) is 14.1. The lowest BCUT2D eigenvalue weighted by Crippen LogP contribution is -2.27. The molecule has 0 bridgehead atoms. The number of hydrogen-bond donors (Lipinski definition) is 2. The molecule has 0 saturated carbocycles. The van der Waals surface area contributed by atoms with Gasteiger partial charge in [-0.1, -0.05) is 6.07 Å². The van der Waals surface area contributed by atoms with Crippen molar-refractivity contribution in [3.63, 3.8) is 0 Å². The van der Waals surface area contributed by atoms with E-state index in [-0.39, 0.29) is 11.9 Å². The zero-order valence-corrected chi connectivity index (χ0v) is 16.1. The molecule has 0 aliphatic carbocycles. The monoisotopic (exact) mass is 388 g/mol. The Kier molecular flexibility index (Phi) is 4.24. The van der Waals surface area contributed by atoms with E-state index in [1.165, 1.54) is 6.07 Å². The number of fused-ring (bicyclic) bond motifs is 1. The van der Waals surface area contributed by atoms with Gasteiger partial charge in [-0.2, -0.15) is 0 Å². The highest BCUT2D eigenvalue weighted by atomic mass is 19.1. The molecule has 1 saturated heterocycles. The van der Waals surface area contributed by atoms with Crippen LogP contribution in [0.2, 0.25) is 0 Å². The van der Waals surface area contributed by atoms with Crippen molar-refractivity contribution in [2.24, 2.45) is 5.73 Å². The smallest absolute Gasteiger partial charge is 0.151 e. The second-order valence-electron chi connectivity index (χ2n) is 7.49. The van der Waals surface area contributed by atoms with Gasteiger partial charge in [0.2, 0.25) is 0 Å². The zero-order chi connectivity index (χ0) is 20.0. The number of H-pyrrole nitrogens is 1. The minimum absolute atomic E-state index is 0.121. The number of para-hydroxylation sites is 1. The molecule has 0 radical (unpaired) electrons. The summed E-state index contributed by atoms with van der Waals surface area (Å²) in [5, 5.41) is 0. The second-order valence-corrected chi connectivity index (χ2v) is 7.49. The topological polar surface area (TPSA) is 83.7 Å². The Hall–Kier alpha value is -3.32. The number of halogens is 1. The number of aromatic nitrogens is 4. The number of nitrogens with zero attached hydrogens (tertiary/aromatic N) is 4. The van der Waals surface area contributed by atoms with Crippen molar-refractivity contribution in [3.05, 3.63) is 60.4 Å². The molecule has 4 heterocycles. The Labute approximate surface area is 167 Å². The highest BCUT2D eigenvalue weighted by Crippen LogP contribution is 2.40. The van der Waals surface area contributed by atoms with Crippen molar-refractivity contribution < 1.29 is 4.39 Å². The van der Waals surface area contributed by atoms with Crippen LogP contribution in [0.1, 0.15) is 12.1 Å². The molecule has 5 rings (SSSR count). The number of benzene rings is 1. The molecule has 3 aromatic heterocycles. The van der Waals surface area contributed by atoms with Crippen molar-refractivity contribution in [1.82, 2.24) is 19.9 Å². The average Bonchev–Trinajstić information content (AvgIpc) is 3.34. The van der Waals surface area contributed by atoms with E-state index in [4.69, 9.17) is 5.73 Å². The quantitative estimate of drug-likeness (QED) is 0.559. The Morgan fingerprint density at radius 2 is 2.07 bits per heavy atom. The molecule has 0 amide bonds. The van der Waals surface area contributed by atoms with Gasteiger partial charge < -0.3 is 15.6 Å². The molecule has 1 aliphatic heterocycles. The van der Waals surface area contributed by atoms with Crippen molar-refractivity contribution in [1.29, 1.82) is 0 Å². The summed E-state index contributed by atoms with van der Waals surface area (Å²) in [6, 6.07) is 9.06. The Morgan fingerprint density at radius 3 is 2.83 bits per heavy atom. The van der Waals surface area contributed by atoms with Crippen LogP contribution in [0.25, 0.3) is 33.5 Å². The lowest BCUT2D eigenvalue weighted by molar-refractivity contribution is 0.637. The third-order valence-corrected chi connectivity index (χ3v) is 5.38. The minimum Gasteiger partial charge on any atom is -0.369 e. The first-order valence-corrected chi connectivity index (χ1v) is 9.66.